The molecule has 0 aliphatic carbocycles. The maximum atomic E-state index is 9.88. The molecule has 0 atom stereocenters. The van der Waals surface area contributed by atoms with Gasteiger partial charge in [-0.3, -0.25) is 0 Å². The first kappa shape index (κ1) is 34.4. The number of furan rings is 1. The van der Waals surface area contributed by atoms with Crippen LogP contribution in [0.5, 0.6) is 0 Å². The number of aromatic nitrogens is 2. The van der Waals surface area contributed by atoms with Gasteiger partial charge in [0.25, 0.3) is 0 Å². The summed E-state index contributed by atoms with van der Waals surface area (Å²) in [4.78, 5) is 5.47. The molecule has 0 bridgehead atoms. The summed E-state index contributed by atoms with van der Waals surface area (Å²) in [5.41, 5.74) is 13.1. The second kappa shape index (κ2) is 13.2. The zero-order valence-corrected chi connectivity index (χ0v) is 33.3. The molecule has 0 spiro atoms. The topological polar surface area (TPSA) is 54.8 Å². The molecule has 10 aromatic carbocycles. The summed E-state index contributed by atoms with van der Waals surface area (Å²) in [5, 5.41) is 22.3. The van der Waals surface area contributed by atoms with E-state index in [9.17, 15) is 5.26 Å². The van der Waals surface area contributed by atoms with Gasteiger partial charge in [0.2, 0.25) is 0 Å². The molecule has 13 rings (SSSR count). The third-order valence-corrected chi connectivity index (χ3v) is 12.8. The third-order valence-electron chi connectivity index (χ3n) is 12.8. The van der Waals surface area contributed by atoms with Crippen LogP contribution in [0.1, 0.15) is 5.56 Å². The van der Waals surface area contributed by atoms with Gasteiger partial charge in [0, 0.05) is 49.0 Å². The fourth-order valence-electron chi connectivity index (χ4n) is 10.1. The van der Waals surface area contributed by atoms with Crippen LogP contribution in [0.15, 0.2) is 205 Å². The van der Waals surface area contributed by atoms with Crippen molar-refractivity contribution in [1.29, 1.82) is 5.26 Å². The van der Waals surface area contributed by atoms with Crippen LogP contribution in [0.3, 0.4) is 0 Å². The molecule has 62 heavy (non-hydrogen) atoms. The van der Waals surface area contributed by atoms with Gasteiger partial charge in [-0.05, 0) is 98.4 Å². The minimum absolute atomic E-state index is 0.640. The van der Waals surface area contributed by atoms with Crippen molar-refractivity contribution in [3.8, 4) is 45.3 Å². The van der Waals surface area contributed by atoms with Crippen LogP contribution in [-0.2, 0) is 0 Å². The molecule has 0 saturated carbocycles. The summed E-state index contributed by atoms with van der Waals surface area (Å²) in [6.07, 6.45) is 0. The number of hydrogen-bond acceptors (Lipinski definition) is 3. The Hall–Kier alpha value is -8.52. The summed E-state index contributed by atoms with van der Waals surface area (Å²) in [6.45, 7) is 0. The van der Waals surface area contributed by atoms with Crippen molar-refractivity contribution in [2.75, 3.05) is 0 Å². The van der Waals surface area contributed by atoms with Crippen molar-refractivity contribution in [2.45, 2.75) is 0 Å². The number of pyridine rings is 1. The fraction of sp³-hybridized carbons (Fsp3) is 0. The number of para-hydroxylation sites is 2. The van der Waals surface area contributed by atoms with Gasteiger partial charge in [-0.1, -0.05) is 146 Å². The number of rotatable bonds is 4. The summed E-state index contributed by atoms with van der Waals surface area (Å²) < 4.78 is 8.96. The van der Waals surface area contributed by atoms with Crippen molar-refractivity contribution >= 4 is 87.0 Å². The summed E-state index contributed by atoms with van der Waals surface area (Å²) >= 11 is 0. The summed E-state index contributed by atoms with van der Waals surface area (Å²) in [6, 6.07) is 73.2. The highest BCUT2D eigenvalue weighted by atomic mass is 16.3. The lowest BCUT2D eigenvalue weighted by molar-refractivity contribution is 0.673. The predicted octanol–water partition coefficient (Wildman–Crippen LogP) is 15.6. The van der Waals surface area contributed by atoms with Gasteiger partial charge in [0.15, 0.2) is 0 Å². The molecule has 0 N–H and O–H groups in total. The molecule has 4 nitrogen and oxygen atoms in total. The average molecular weight is 788 g/mol. The first-order valence-electron chi connectivity index (χ1n) is 20.9. The number of nitriles is 1. The molecular weight excluding hydrogens is 755 g/mol. The first-order valence-corrected chi connectivity index (χ1v) is 20.9. The summed E-state index contributed by atoms with van der Waals surface area (Å²) in [7, 11) is 0. The van der Waals surface area contributed by atoms with E-state index in [-0.39, 0.29) is 0 Å². The van der Waals surface area contributed by atoms with E-state index in [2.05, 4.69) is 180 Å². The van der Waals surface area contributed by atoms with E-state index in [0.29, 0.717) is 5.56 Å². The molecular formula is C58H33N3O. The molecule has 4 heteroatoms. The van der Waals surface area contributed by atoms with E-state index in [0.717, 1.165) is 93.5 Å². The Morgan fingerprint density at radius 3 is 1.71 bits per heavy atom. The third kappa shape index (κ3) is 4.97. The van der Waals surface area contributed by atoms with Crippen LogP contribution >= 0.6 is 0 Å². The standard InChI is InChI=1S/C58H33N3O/c59-34-35-23-26-40-49-32-37(25-30-51(49)61(52(40)31-35)39-15-5-2-6-16-39)54-42-18-7-9-20-44(42)55(45-21-10-8-19-43(45)54)38-24-27-47-50(33-38)60-57(36-13-3-1-4-14-36)48-29-28-46-41-17-11-12-22-53(41)62-58(46)56(47)48/h1-33H. The highest BCUT2D eigenvalue weighted by molar-refractivity contribution is 6.26. The zero-order chi connectivity index (χ0) is 40.9. The van der Waals surface area contributed by atoms with Gasteiger partial charge in [-0.2, -0.15) is 5.26 Å². The highest BCUT2D eigenvalue weighted by Gasteiger charge is 2.22. The van der Waals surface area contributed by atoms with Crippen molar-refractivity contribution in [3.05, 3.63) is 206 Å². The van der Waals surface area contributed by atoms with Crippen LogP contribution < -0.4 is 0 Å². The van der Waals surface area contributed by atoms with E-state index >= 15 is 0 Å². The molecule has 3 aromatic heterocycles. The molecule has 0 radical (unpaired) electrons. The minimum atomic E-state index is 0.640. The lowest BCUT2D eigenvalue weighted by Gasteiger charge is -2.18. The van der Waals surface area contributed by atoms with Gasteiger partial charge in [-0.15, -0.1) is 0 Å². The molecule has 0 amide bonds. The molecule has 0 saturated heterocycles. The number of benzene rings is 10. The van der Waals surface area contributed by atoms with E-state index in [4.69, 9.17) is 9.40 Å². The fourth-order valence-corrected chi connectivity index (χ4v) is 10.1. The number of hydrogen-bond donors (Lipinski definition) is 0. The molecule has 0 aliphatic heterocycles. The maximum absolute atomic E-state index is 9.88. The van der Waals surface area contributed by atoms with Gasteiger partial charge < -0.3 is 8.98 Å². The Kier molecular flexibility index (Phi) is 7.34. The second-order valence-corrected chi connectivity index (χ2v) is 16.1. The van der Waals surface area contributed by atoms with Crippen molar-refractivity contribution in [3.63, 3.8) is 0 Å². The Morgan fingerprint density at radius 1 is 0.419 bits per heavy atom. The predicted molar refractivity (Wildman–Crippen MR) is 257 cm³/mol. The zero-order valence-electron chi connectivity index (χ0n) is 33.3. The summed E-state index contributed by atoms with van der Waals surface area (Å²) in [5.74, 6) is 0. The van der Waals surface area contributed by atoms with E-state index in [1.54, 1.807) is 0 Å². The van der Waals surface area contributed by atoms with E-state index < -0.39 is 0 Å². The van der Waals surface area contributed by atoms with Crippen LogP contribution in [-0.4, -0.2) is 9.55 Å². The Morgan fingerprint density at radius 2 is 1.00 bits per heavy atom. The molecule has 0 fully saturated rings. The quantitative estimate of drug-likeness (QED) is 0.132. The SMILES string of the molecule is N#Cc1ccc2c3cc(-c4c5ccccc5c(-c5ccc6c(c5)nc(-c5ccccc5)c5ccc7c8ccccc8oc7c56)c5ccccc45)ccc3n(-c3ccccc3)c2c1. The Balaban J connectivity index is 1.07. The van der Waals surface area contributed by atoms with Crippen molar-refractivity contribution in [2.24, 2.45) is 0 Å². The molecule has 0 aliphatic rings. The molecule has 13 aromatic rings. The first-order chi connectivity index (χ1) is 30.7. The lowest BCUT2D eigenvalue weighted by Crippen LogP contribution is -1.94. The van der Waals surface area contributed by atoms with Gasteiger partial charge in [-0.25, -0.2) is 4.98 Å². The van der Waals surface area contributed by atoms with E-state index in [1.807, 2.05) is 30.3 Å². The van der Waals surface area contributed by atoms with Crippen LogP contribution in [0.4, 0.5) is 0 Å². The number of nitrogens with zero attached hydrogens (tertiary/aromatic N) is 3. The largest absolute Gasteiger partial charge is 0.455 e. The van der Waals surface area contributed by atoms with Crippen molar-refractivity contribution in [1.82, 2.24) is 9.55 Å². The second-order valence-electron chi connectivity index (χ2n) is 16.1. The highest BCUT2D eigenvalue weighted by Crippen LogP contribution is 2.47. The van der Waals surface area contributed by atoms with Gasteiger partial charge in [0.1, 0.15) is 11.2 Å². The minimum Gasteiger partial charge on any atom is -0.455 e. The van der Waals surface area contributed by atoms with Gasteiger partial charge in [0.05, 0.1) is 33.9 Å². The molecule has 0 unspecified atom stereocenters. The van der Waals surface area contributed by atoms with E-state index in [1.165, 1.54) is 32.7 Å². The molecule has 3 heterocycles. The smallest absolute Gasteiger partial charge is 0.144 e. The molecule has 286 valence electrons. The Labute approximate surface area is 355 Å². The normalized spacial score (nSPS) is 11.9. The monoisotopic (exact) mass is 787 g/mol. The maximum Gasteiger partial charge on any atom is 0.144 e. The average Bonchev–Trinajstić information content (AvgIpc) is 3.88. The number of fused-ring (bicyclic) bond motifs is 12. The van der Waals surface area contributed by atoms with Crippen LogP contribution in [0.25, 0.3) is 126 Å². The van der Waals surface area contributed by atoms with Crippen molar-refractivity contribution < 1.29 is 4.42 Å². The van der Waals surface area contributed by atoms with Crippen LogP contribution in [0.2, 0.25) is 0 Å². The lowest BCUT2D eigenvalue weighted by atomic mass is 9.85. The van der Waals surface area contributed by atoms with Crippen LogP contribution in [0, 0.1) is 11.3 Å². The Bertz CT molecular complexity index is 3980. The van der Waals surface area contributed by atoms with Gasteiger partial charge >= 0.3 is 0 Å².